The second-order valence-corrected chi connectivity index (χ2v) is 6.98. The zero-order valence-corrected chi connectivity index (χ0v) is 16.2. The van der Waals surface area contributed by atoms with Crippen molar-refractivity contribution in [3.8, 4) is 17.1 Å². The predicted molar refractivity (Wildman–Crippen MR) is 101 cm³/mol. The quantitative estimate of drug-likeness (QED) is 0.619. The highest BCUT2D eigenvalue weighted by Gasteiger charge is 2.21. The maximum atomic E-state index is 13.2. The van der Waals surface area contributed by atoms with Crippen LogP contribution in [0.5, 0.6) is 5.75 Å². The highest BCUT2D eigenvalue weighted by molar-refractivity contribution is 6.30. The van der Waals surface area contributed by atoms with Crippen molar-refractivity contribution in [3.05, 3.63) is 50.9 Å². The van der Waals surface area contributed by atoms with Gasteiger partial charge in [-0.15, -0.1) is 5.10 Å². The SMILES string of the molecule is CCn1c(-c2ccc(Cl)cc2OC(F)F)nn2c(C)cc(C(C)C)c2c1=O. The molecule has 3 rings (SSSR count). The normalized spacial score (nSPS) is 11.7. The Labute approximate surface area is 160 Å². The monoisotopic (exact) mass is 395 g/mol. The van der Waals surface area contributed by atoms with Crippen molar-refractivity contribution in [3.63, 3.8) is 0 Å². The molecule has 0 saturated heterocycles. The molecule has 0 spiro atoms. The van der Waals surface area contributed by atoms with Crippen molar-refractivity contribution < 1.29 is 13.5 Å². The van der Waals surface area contributed by atoms with Gasteiger partial charge >= 0.3 is 6.61 Å². The lowest BCUT2D eigenvalue weighted by molar-refractivity contribution is -0.0494. The van der Waals surface area contributed by atoms with Crippen molar-refractivity contribution in [2.45, 2.75) is 46.8 Å². The Morgan fingerprint density at radius 2 is 1.96 bits per heavy atom. The van der Waals surface area contributed by atoms with Crippen molar-refractivity contribution in [1.29, 1.82) is 0 Å². The van der Waals surface area contributed by atoms with Crippen LogP contribution in [-0.4, -0.2) is 20.8 Å². The lowest BCUT2D eigenvalue weighted by atomic mass is 10.1. The largest absolute Gasteiger partial charge is 0.434 e. The van der Waals surface area contributed by atoms with E-state index in [9.17, 15) is 13.6 Å². The molecule has 2 aromatic heterocycles. The van der Waals surface area contributed by atoms with E-state index in [0.29, 0.717) is 12.1 Å². The van der Waals surface area contributed by atoms with Crippen molar-refractivity contribution in [2.75, 3.05) is 0 Å². The minimum Gasteiger partial charge on any atom is -0.434 e. The molecule has 0 aliphatic rings. The van der Waals surface area contributed by atoms with E-state index in [1.807, 2.05) is 26.8 Å². The van der Waals surface area contributed by atoms with Gasteiger partial charge in [-0.05, 0) is 49.6 Å². The second-order valence-electron chi connectivity index (χ2n) is 6.55. The van der Waals surface area contributed by atoms with E-state index in [2.05, 4.69) is 9.84 Å². The van der Waals surface area contributed by atoms with Crippen LogP contribution >= 0.6 is 11.6 Å². The first kappa shape index (κ1) is 19.4. The first-order chi connectivity index (χ1) is 12.7. The van der Waals surface area contributed by atoms with Gasteiger partial charge in [-0.1, -0.05) is 25.4 Å². The Balaban J connectivity index is 2.37. The van der Waals surface area contributed by atoms with Gasteiger partial charge in [0.1, 0.15) is 11.3 Å². The van der Waals surface area contributed by atoms with E-state index in [1.54, 1.807) is 17.5 Å². The Morgan fingerprint density at radius 1 is 1.26 bits per heavy atom. The van der Waals surface area contributed by atoms with E-state index < -0.39 is 6.61 Å². The van der Waals surface area contributed by atoms with Crippen molar-refractivity contribution in [1.82, 2.24) is 14.2 Å². The molecule has 0 fully saturated rings. The molecule has 0 atom stereocenters. The summed E-state index contributed by atoms with van der Waals surface area (Å²) in [5.41, 5.74) is 2.25. The predicted octanol–water partition coefficient (Wildman–Crippen LogP) is 4.87. The molecule has 0 bridgehead atoms. The summed E-state index contributed by atoms with van der Waals surface area (Å²) < 4.78 is 33.4. The fourth-order valence-electron chi connectivity index (χ4n) is 3.18. The fraction of sp³-hybridized carbons (Fsp3) is 0.368. The third kappa shape index (κ3) is 3.43. The molecule has 0 aliphatic carbocycles. The highest BCUT2D eigenvalue weighted by Crippen LogP contribution is 2.33. The van der Waals surface area contributed by atoms with E-state index in [1.165, 1.54) is 16.7 Å². The van der Waals surface area contributed by atoms with E-state index in [4.69, 9.17) is 11.6 Å². The average Bonchev–Trinajstić information content (AvgIpc) is 2.92. The van der Waals surface area contributed by atoms with E-state index >= 15 is 0 Å². The molecule has 1 aromatic carbocycles. The van der Waals surface area contributed by atoms with Gasteiger partial charge in [0.05, 0.1) is 5.56 Å². The number of hydrogen-bond donors (Lipinski definition) is 0. The van der Waals surface area contributed by atoms with Crippen LogP contribution in [0.4, 0.5) is 8.78 Å². The maximum Gasteiger partial charge on any atom is 0.387 e. The summed E-state index contributed by atoms with van der Waals surface area (Å²) in [5, 5.41) is 4.84. The van der Waals surface area contributed by atoms with Gasteiger partial charge in [-0.2, -0.15) is 8.78 Å². The molecule has 144 valence electrons. The molecular weight excluding hydrogens is 376 g/mol. The summed E-state index contributed by atoms with van der Waals surface area (Å²) >= 11 is 5.93. The molecule has 0 amide bonds. The molecule has 0 aliphatic heterocycles. The molecule has 3 aromatic rings. The second kappa shape index (κ2) is 7.31. The summed E-state index contributed by atoms with van der Waals surface area (Å²) in [4.78, 5) is 13.2. The number of rotatable bonds is 5. The zero-order valence-electron chi connectivity index (χ0n) is 15.5. The number of hydrogen-bond acceptors (Lipinski definition) is 3. The Morgan fingerprint density at radius 3 is 2.56 bits per heavy atom. The minimum absolute atomic E-state index is 0.125. The standard InChI is InChI=1S/C19H20ClF2N3O2/c1-5-24-17(13-7-6-12(20)9-15(13)27-19(21)22)23-25-11(4)8-14(10(2)3)16(25)18(24)26/h6-10,19H,5H2,1-4H3. The molecule has 27 heavy (non-hydrogen) atoms. The Kier molecular flexibility index (Phi) is 5.24. The van der Waals surface area contributed by atoms with Crippen LogP contribution in [0.2, 0.25) is 5.02 Å². The number of aryl methyl sites for hydroxylation is 1. The molecule has 8 heteroatoms. The summed E-state index contributed by atoms with van der Waals surface area (Å²) in [6.07, 6.45) is 0. The van der Waals surface area contributed by atoms with E-state index in [0.717, 1.165) is 11.3 Å². The van der Waals surface area contributed by atoms with Crippen LogP contribution in [0.1, 0.15) is 37.9 Å². The molecular formula is C19H20ClF2N3O2. The van der Waals surface area contributed by atoms with Crippen LogP contribution in [0.15, 0.2) is 29.1 Å². The van der Waals surface area contributed by atoms with Crippen LogP contribution in [0, 0.1) is 6.92 Å². The topological polar surface area (TPSA) is 48.5 Å². The number of alkyl halides is 2. The summed E-state index contributed by atoms with van der Waals surface area (Å²) in [5.74, 6) is 0.267. The third-order valence-electron chi connectivity index (χ3n) is 4.42. The number of aromatic nitrogens is 3. The van der Waals surface area contributed by atoms with E-state index in [-0.39, 0.29) is 33.6 Å². The van der Waals surface area contributed by atoms with Gasteiger partial charge in [-0.3, -0.25) is 9.36 Å². The third-order valence-corrected chi connectivity index (χ3v) is 4.66. The molecule has 2 heterocycles. The lowest BCUT2D eigenvalue weighted by Crippen LogP contribution is -2.26. The number of nitrogens with zero attached hydrogens (tertiary/aromatic N) is 3. The molecule has 0 radical (unpaired) electrons. The summed E-state index contributed by atoms with van der Waals surface area (Å²) in [6, 6.07) is 6.30. The number of fused-ring (bicyclic) bond motifs is 1. The lowest BCUT2D eigenvalue weighted by Gasteiger charge is -2.16. The molecule has 0 N–H and O–H groups in total. The minimum atomic E-state index is -3.02. The highest BCUT2D eigenvalue weighted by atomic mass is 35.5. The van der Waals surface area contributed by atoms with Crippen molar-refractivity contribution in [2.24, 2.45) is 0 Å². The maximum absolute atomic E-state index is 13.2. The van der Waals surface area contributed by atoms with Crippen LogP contribution in [-0.2, 0) is 6.54 Å². The first-order valence-electron chi connectivity index (χ1n) is 8.62. The summed E-state index contributed by atoms with van der Waals surface area (Å²) in [7, 11) is 0. The zero-order chi connectivity index (χ0) is 19.9. The van der Waals surface area contributed by atoms with Gasteiger partial charge in [-0.25, -0.2) is 4.52 Å². The first-order valence-corrected chi connectivity index (χ1v) is 9.00. The van der Waals surface area contributed by atoms with Gasteiger partial charge in [0.15, 0.2) is 5.82 Å². The molecule has 0 unspecified atom stereocenters. The van der Waals surface area contributed by atoms with Crippen molar-refractivity contribution >= 4 is 17.1 Å². The number of halogens is 3. The van der Waals surface area contributed by atoms with Gasteiger partial charge in [0, 0.05) is 17.3 Å². The summed E-state index contributed by atoms with van der Waals surface area (Å²) in [6.45, 7) is 4.98. The van der Waals surface area contributed by atoms with Gasteiger partial charge < -0.3 is 4.74 Å². The van der Waals surface area contributed by atoms with Crippen LogP contribution in [0.25, 0.3) is 16.9 Å². The Bertz CT molecular complexity index is 1060. The smallest absolute Gasteiger partial charge is 0.387 e. The Hall–Kier alpha value is -2.41. The number of benzene rings is 1. The molecule has 0 saturated carbocycles. The fourth-order valence-corrected chi connectivity index (χ4v) is 3.34. The molecule has 5 nitrogen and oxygen atoms in total. The number of ether oxygens (including phenoxy) is 1. The van der Waals surface area contributed by atoms with Crippen LogP contribution in [0.3, 0.4) is 0 Å². The van der Waals surface area contributed by atoms with Gasteiger partial charge in [0.25, 0.3) is 5.56 Å². The van der Waals surface area contributed by atoms with Crippen LogP contribution < -0.4 is 10.3 Å². The average molecular weight is 396 g/mol. The van der Waals surface area contributed by atoms with Gasteiger partial charge in [0.2, 0.25) is 0 Å².